The average Bonchev–Trinajstić information content (AvgIpc) is 2.84. The van der Waals surface area contributed by atoms with Crippen LogP contribution in [0.4, 0.5) is 4.79 Å². The lowest BCUT2D eigenvalue weighted by atomic mass is 10.2. The quantitative estimate of drug-likeness (QED) is 0.619. The van der Waals surface area contributed by atoms with E-state index >= 15 is 0 Å². The summed E-state index contributed by atoms with van der Waals surface area (Å²) in [5.41, 5.74) is 0.172. The molecule has 1 aliphatic heterocycles. The van der Waals surface area contributed by atoms with Crippen LogP contribution in [0.2, 0.25) is 10.4 Å². The zero-order chi connectivity index (χ0) is 16.3. The van der Waals surface area contributed by atoms with E-state index in [1.54, 1.807) is 4.90 Å². The molecule has 1 aliphatic rings. The van der Waals surface area contributed by atoms with Crippen LogP contribution in [0.3, 0.4) is 0 Å². The van der Waals surface area contributed by atoms with Crippen molar-refractivity contribution in [3.05, 3.63) is 22.2 Å². The minimum atomic E-state index is -0.496. The van der Waals surface area contributed by atoms with Crippen molar-refractivity contribution in [1.82, 2.24) is 14.9 Å². The van der Waals surface area contributed by atoms with Crippen LogP contribution in [0.25, 0.3) is 0 Å². The fraction of sp³-hybridized carbons (Fsp3) is 0.643. The Bertz CT molecular complexity index is 549. The molecule has 1 aromatic rings. The first-order valence-electron chi connectivity index (χ1n) is 7.01. The lowest BCUT2D eigenvalue weighted by molar-refractivity contribution is 0.0183. The van der Waals surface area contributed by atoms with E-state index in [-0.39, 0.29) is 29.2 Å². The summed E-state index contributed by atoms with van der Waals surface area (Å²) in [4.78, 5) is 21.3. The van der Waals surface area contributed by atoms with Gasteiger partial charge in [-0.15, -0.1) is 0 Å². The van der Waals surface area contributed by atoms with Crippen LogP contribution in [0, 0.1) is 0 Å². The van der Waals surface area contributed by atoms with E-state index in [9.17, 15) is 4.79 Å². The van der Waals surface area contributed by atoms with Gasteiger partial charge in [-0.1, -0.05) is 11.6 Å². The van der Waals surface area contributed by atoms with Gasteiger partial charge in [-0.3, -0.25) is 0 Å². The van der Waals surface area contributed by atoms with Gasteiger partial charge >= 0.3 is 6.09 Å². The zero-order valence-electron chi connectivity index (χ0n) is 12.8. The van der Waals surface area contributed by atoms with Crippen molar-refractivity contribution in [2.24, 2.45) is 0 Å². The Morgan fingerprint density at radius 1 is 1.45 bits per heavy atom. The van der Waals surface area contributed by atoms with Crippen LogP contribution in [-0.2, 0) is 16.1 Å². The molecule has 2 rings (SSSR count). The first-order chi connectivity index (χ1) is 10.2. The molecule has 0 radical (unpaired) electrons. The maximum Gasteiger partial charge on any atom is 0.410 e. The largest absolute Gasteiger partial charge is 0.444 e. The molecule has 1 atom stereocenters. The first-order valence-corrected chi connectivity index (χ1v) is 7.76. The van der Waals surface area contributed by atoms with Crippen LogP contribution in [0.1, 0.15) is 32.8 Å². The van der Waals surface area contributed by atoms with Gasteiger partial charge in [-0.05, 0) is 38.8 Å². The standard InChI is InChI=1S/C14H19Cl2N3O3/c1-14(2,3)22-13(20)19-5-4-10(7-19)21-8-9-6-17-12(16)18-11(9)15/h6,10H,4-5,7-8H2,1-3H3. The molecule has 0 bridgehead atoms. The molecule has 1 fully saturated rings. The second-order valence-electron chi connectivity index (χ2n) is 6.10. The normalized spacial score (nSPS) is 18.6. The van der Waals surface area contributed by atoms with E-state index in [1.807, 2.05) is 20.8 Å². The average molecular weight is 348 g/mol. The zero-order valence-corrected chi connectivity index (χ0v) is 14.3. The van der Waals surface area contributed by atoms with Crippen LogP contribution < -0.4 is 0 Å². The van der Waals surface area contributed by atoms with Crippen molar-refractivity contribution in [2.45, 2.75) is 45.5 Å². The van der Waals surface area contributed by atoms with Gasteiger partial charge in [-0.2, -0.15) is 0 Å². The number of aromatic nitrogens is 2. The molecular formula is C14H19Cl2N3O3. The van der Waals surface area contributed by atoms with Crippen molar-refractivity contribution in [3.8, 4) is 0 Å². The molecule has 2 heterocycles. The van der Waals surface area contributed by atoms with Crippen LogP contribution in [0.5, 0.6) is 0 Å². The summed E-state index contributed by atoms with van der Waals surface area (Å²) in [6, 6.07) is 0. The third-order valence-electron chi connectivity index (χ3n) is 3.05. The molecule has 1 aromatic heterocycles. The second kappa shape index (κ2) is 6.98. The highest BCUT2D eigenvalue weighted by Crippen LogP contribution is 2.20. The van der Waals surface area contributed by atoms with E-state index in [2.05, 4.69) is 9.97 Å². The number of hydrogen-bond acceptors (Lipinski definition) is 5. The highest BCUT2D eigenvalue weighted by atomic mass is 35.5. The number of ether oxygens (including phenoxy) is 2. The number of rotatable bonds is 3. The molecule has 0 aromatic carbocycles. The molecule has 122 valence electrons. The second-order valence-corrected chi connectivity index (χ2v) is 6.80. The molecule has 0 saturated carbocycles. The highest BCUT2D eigenvalue weighted by Gasteiger charge is 2.30. The molecule has 0 spiro atoms. The third kappa shape index (κ3) is 4.97. The Hall–Kier alpha value is -1.11. The maximum absolute atomic E-state index is 12.0. The predicted molar refractivity (Wildman–Crippen MR) is 83.1 cm³/mol. The Morgan fingerprint density at radius 2 is 2.18 bits per heavy atom. The van der Waals surface area contributed by atoms with E-state index in [1.165, 1.54) is 6.20 Å². The Labute approximate surface area is 139 Å². The highest BCUT2D eigenvalue weighted by molar-refractivity contribution is 6.32. The van der Waals surface area contributed by atoms with Crippen molar-refractivity contribution in [1.29, 1.82) is 0 Å². The van der Waals surface area contributed by atoms with Gasteiger partial charge in [0.05, 0.1) is 19.3 Å². The molecule has 22 heavy (non-hydrogen) atoms. The van der Waals surface area contributed by atoms with Gasteiger partial charge in [0.2, 0.25) is 5.28 Å². The summed E-state index contributed by atoms with van der Waals surface area (Å²) in [5, 5.41) is 0.382. The van der Waals surface area contributed by atoms with Gasteiger partial charge in [0, 0.05) is 18.3 Å². The monoisotopic (exact) mass is 347 g/mol. The number of halogens is 2. The summed E-state index contributed by atoms with van der Waals surface area (Å²) < 4.78 is 11.1. The Morgan fingerprint density at radius 3 is 2.82 bits per heavy atom. The van der Waals surface area contributed by atoms with E-state index < -0.39 is 5.60 Å². The molecular weight excluding hydrogens is 329 g/mol. The minimum Gasteiger partial charge on any atom is -0.444 e. The summed E-state index contributed by atoms with van der Waals surface area (Å²) in [6.45, 7) is 6.93. The topological polar surface area (TPSA) is 64.5 Å². The number of likely N-dealkylation sites (tertiary alicyclic amines) is 1. The van der Waals surface area contributed by atoms with Crippen molar-refractivity contribution < 1.29 is 14.3 Å². The number of carbonyl (C=O) groups excluding carboxylic acids is 1. The summed E-state index contributed by atoms with van der Waals surface area (Å²) in [7, 11) is 0. The van der Waals surface area contributed by atoms with Crippen LogP contribution >= 0.6 is 23.2 Å². The molecule has 1 amide bonds. The van der Waals surface area contributed by atoms with Crippen LogP contribution in [0.15, 0.2) is 6.20 Å². The summed E-state index contributed by atoms with van der Waals surface area (Å²) in [5.74, 6) is 0. The van der Waals surface area contributed by atoms with Crippen molar-refractivity contribution in [2.75, 3.05) is 13.1 Å². The van der Waals surface area contributed by atoms with E-state index in [0.29, 0.717) is 18.7 Å². The molecule has 0 aliphatic carbocycles. The number of amides is 1. The molecule has 8 heteroatoms. The van der Waals surface area contributed by atoms with Gasteiger partial charge in [0.25, 0.3) is 0 Å². The fourth-order valence-corrected chi connectivity index (χ4v) is 2.39. The van der Waals surface area contributed by atoms with E-state index in [0.717, 1.165) is 6.42 Å². The van der Waals surface area contributed by atoms with E-state index in [4.69, 9.17) is 32.7 Å². The Kier molecular flexibility index (Phi) is 5.47. The van der Waals surface area contributed by atoms with Crippen LogP contribution in [-0.4, -0.2) is 45.8 Å². The number of hydrogen-bond donors (Lipinski definition) is 0. The number of nitrogens with zero attached hydrogens (tertiary/aromatic N) is 3. The summed E-state index contributed by atoms with van der Waals surface area (Å²) >= 11 is 11.6. The van der Waals surface area contributed by atoms with Crippen molar-refractivity contribution >= 4 is 29.3 Å². The lowest BCUT2D eigenvalue weighted by Gasteiger charge is -2.24. The van der Waals surface area contributed by atoms with Gasteiger partial charge in [0.1, 0.15) is 10.8 Å². The predicted octanol–water partition coefficient (Wildman–Crippen LogP) is 3.31. The van der Waals surface area contributed by atoms with Gasteiger partial charge in [0.15, 0.2) is 0 Å². The Balaban J connectivity index is 1.82. The molecule has 1 saturated heterocycles. The lowest BCUT2D eigenvalue weighted by Crippen LogP contribution is -2.36. The molecule has 0 N–H and O–H groups in total. The van der Waals surface area contributed by atoms with Crippen molar-refractivity contribution in [3.63, 3.8) is 0 Å². The smallest absolute Gasteiger partial charge is 0.410 e. The third-order valence-corrected chi connectivity index (χ3v) is 3.56. The summed E-state index contributed by atoms with van der Waals surface area (Å²) in [6.07, 6.45) is 1.93. The first kappa shape index (κ1) is 17.2. The fourth-order valence-electron chi connectivity index (χ4n) is 2.03. The number of carbonyl (C=O) groups is 1. The molecule has 1 unspecified atom stereocenters. The van der Waals surface area contributed by atoms with Gasteiger partial charge < -0.3 is 14.4 Å². The molecule has 6 nitrogen and oxygen atoms in total. The van der Waals surface area contributed by atoms with Gasteiger partial charge in [-0.25, -0.2) is 14.8 Å². The maximum atomic E-state index is 12.0. The SMILES string of the molecule is CC(C)(C)OC(=O)N1CCC(OCc2cnc(Cl)nc2Cl)C1. The minimum absolute atomic E-state index is 0.0562.